The van der Waals surface area contributed by atoms with Crippen LogP contribution in [-0.4, -0.2) is 45.7 Å². The normalized spacial score (nSPS) is 17.9. The molecule has 0 spiro atoms. The van der Waals surface area contributed by atoms with Crippen LogP contribution in [0.25, 0.3) is 11.1 Å². The van der Waals surface area contributed by atoms with Gasteiger partial charge in [0.25, 0.3) is 5.91 Å². The summed E-state index contributed by atoms with van der Waals surface area (Å²) in [5, 5.41) is 23.7. The van der Waals surface area contributed by atoms with Crippen molar-refractivity contribution in [3.05, 3.63) is 71.4 Å². The van der Waals surface area contributed by atoms with Gasteiger partial charge in [-0.1, -0.05) is 43.3 Å². The fourth-order valence-corrected chi connectivity index (χ4v) is 4.49. The van der Waals surface area contributed by atoms with Gasteiger partial charge in [0.15, 0.2) is 5.75 Å². The molecule has 0 bridgehead atoms. The molecule has 2 aromatic carbocycles. The fraction of sp³-hybridized carbons (Fsp3) is 0.333. The van der Waals surface area contributed by atoms with Crippen LogP contribution in [0.2, 0.25) is 0 Å². The Morgan fingerprint density at radius 3 is 2.68 bits per heavy atom. The summed E-state index contributed by atoms with van der Waals surface area (Å²) < 4.78 is 19.5. The summed E-state index contributed by atoms with van der Waals surface area (Å²) in [5.74, 6) is -1.83. The highest BCUT2D eigenvalue weighted by atomic mass is 19.1. The Kier molecular flexibility index (Phi) is 7.55. The Morgan fingerprint density at radius 1 is 1.27 bits per heavy atom. The molecule has 3 aromatic rings. The number of nitrogens with one attached hydrogen (secondary N) is 1. The van der Waals surface area contributed by atoms with Crippen LogP contribution in [-0.2, 0) is 9.59 Å². The van der Waals surface area contributed by atoms with E-state index in [0.717, 1.165) is 0 Å². The van der Waals surface area contributed by atoms with Gasteiger partial charge in [-0.05, 0) is 36.6 Å². The van der Waals surface area contributed by atoms with Crippen molar-refractivity contribution in [2.45, 2.75) is 45.3 Å². The lowest BCUT2D eigenvalue weighted by molar-refractivity contribution is -0.143. The zero-order valence-electron chi connectivity index (χ0n) is 20.6. The van der Waals surface area contributed by atoms with Crippen molar-refractivity contribution in [3.8, 4) is 22.9 Å². The molecule has 37 heavy (non-hydrogen) atoms. The van der Waals surface area contributed by atoms with Gasteiger partial charge < -0.3 is 19.4 Å². The van der Waals surface area contributed by atoms with Crippen molar-refractivity contribution in [2.75, 3.05) is 6.54 Å². The number of likely N-dealkylation sites (tertiary alicyclic amines) is 1. The summed E-state index contributed by atoms with van der Waals surface area (Å²) in [5.41, 5.74) is 3.82. The summed E-state index contributed by atoms with van der Waals surface area (Å²) in [4.78, 5) is 33.2. The van der Waals surface area contributed by atoms with Gasteiger partial charge in [0.2, 0.25) is 5.91 Å². The van der Waals surface area contributed by atoms with Gasteiger partial charge in [-0.15, -0.1) is 0 Å². The first-order chi connectivity index (χ1) is 17.7. The molecule has 1 unspecified atom stereocenters. The second kappa shape index (κ2) is 10.8. The van der Waals surface area contributed by atoms with Gasteiger partial charge in [0.05, 0.1) is 17.4 Å². The third kappa shape index (κ3) is 5.47. The smallest absolute Gasteiger partial charge is 0.275 e. The lowest BCUT2D eigenvalue weighted by Gasteiger charge is -2.28. The molecule has 0 aliphatic carbocycles. The number of carbonyl (C=O) groups excluding carboxylic acids is 2. The molecule has 2 heterocycles. The van der Waals surface area contributed by atoms with Crippen LogP contribution in [0, 0.1) is 30.0 Å². The van der Waals surface area contributed by atoms with Gasteiger partial charge in [-0.25, -0.2) is 4.39 Å². The highest BCUT2D eigenvalue weighted by Crippen LogP contribution is 2.31. The molecule has 2 amide bonds. The van der Waals surface area contributed by atoms with Crippen molar-refractivity contribution in [1.82, 2.24) is 15.5 Å². The second-order valence-corrected chi connectivity index (χ2v) is 9.36. The summed E-state index contributed by atoms with van der Waals surface area (Å²) in [6, 6.07) is 13.3. The number of rotatable bonds is 7. The SMILES string of the molecule is Cc1cc(C(C(=O)N2C[C@H](O)C[C@H]2C(=O)NOc2ccc(-c3ccccc3F)cc2C#N)C(C)C)on1. The van der Waals surface area contributed by atoms with Crippen molar-refractivity contribution in [2.24, 2.45) is 5.92 Å². The summed E-state index contributed by atoms with van der Waals surface area (Å²) >= 11 is 0. The number of β-amino-alcohol motifs (C(OH)–C–C–N with tert-alkyl or cyclic N) is 1. The van der Waals surface area contributed by atoms with E-state index in [9.17, 15) is 24.3 Å². The maximum atomic E-state index is 14.2. The van der Waals surface area contributed by atoms with E-state index in [1.54, 1.807) is 37.3 Å². The van der Waals surface area contributed by atoms with E-state index in [1.807, 2.05) is 19.9 Å². The standard InChI is InChI=1S/C27H27FN4O5/c1-15(2)25(24-10-16(3)30-37-24)27(35)32-14-19(33)12-22(32)26(34)31-36-23-9-8-17(11-18(23)13-29)20-6-4-5-7-21(20)28/h4-11,15,19,22,25,33H,12,14H2,1-3H3,(H,31,34)/t19-,22+,25?/m1/s1. The molecule has 1 aliphatic rings. The largest absolute Gasteiger partial charge is 0.391 e. The van der Waals surface area contributed by atoms with Crippen LogP contribution in [0.3, 0.4) is 0 Å². The van der Waals surface area contributed by atoms with Crippen molar-refractivity contribution in [1.29, 1.82) is 5.26 Å². The molecule has 2 N–H and O–H groups in total. The van der Waals surface area contributed by atoms with Gasteiger partial charge in [0.1, 0.15) is 29.6 Å². The highest BCUT2D eigenvalue weighted by Gasteiger charge is 2.43. The molecule has 10 heteroatoms. The van der Waals surface area contributed by atoms with Gasteiger partial charge in [-0.2, -0.15) is 10.7 Å². The van der Waals surface area contributed by atoms with Crippen molar-refractivity contribution in [3.63, 3.8) is 0 Å². The minimum absolute atomic E-state index is 0.0198. The Hall–Kier alpha value is -4.23. The molecule has 9 nitrogen and oxygen atoms in total. The molecular weight excluding hydrogens is 479 g/mol. The maximum Gasteiger partial charge on any atom is 0.275 e. The molecule has 0 saturated carbocycles. The number of benzene rings is 2. The number of nitrogens with zero attached hydrogens (tertiary/aromatic N) is 3. The number of hydrogen-bond acceptors (Lipinski definition) is 7. The van der Waals surface area contributed by atoms with E-state index in [0.29, 0.717) is 22.6 Å². The number of hydrogen-bond donors (Lipinski definition) is 2. The second-order valence-electron chi connectivity index (χ2n) is 9.36. The minimum atomic E-state index is -0.990. The fourth-order valence-electron chi connectivity index (χ4n) is 4.49. The molecule has 1 aliphatic heterocycles. The summed E-state index contributed by atoms with van der Waals surface area (Å²) in [6.45, 7) is 5.45. The van der Waals surface area contributed by atoms with Gasteiger partial charge in [0, 0.05) is 24.6 Å². The van der Waals surface area contributed by atoms with E-state index in [2.05, 4.69) is 10.6 Å². The molecule has 3 atom stereocenters. The van der Waals surface area contributed by atoms with Crippen LogP contribution in [0.15, 0.2) is 53.1 Å². The molecule has 1 aromatic heterocycles. The van der Waals surface area contributed by atoms with E-state index in [-0.39, 0.29) is 36.1 Å². The van der Waals surface area contributed by atoms with Crippen LogP contribution in [0.5, 0.6) is 5.75 Å². The molecule has 192 valence electrons. The number of hydroxylamine groups is 1. The van der Waals surface area contributed by atoms with E-state index >= 15 is 0 Å². The topological polar surface area (TPSA) is 129 Å². The Balaban J connectivity index is 1.50. The number of nitriles is 1. The zero-order chi connectivity index (χ0) is 26.7. The van der Waals surface area contributed by atoms with E-state index in [1.165, 1.54) is 23.1 Å². The number of aryl methyl sites for hydroxylation is 1. The van der Waals surface area contributed by atoms with Gasteiger partial charge >= 0.3 is 0 Å². The van der Waals surface area contributed by atoms with E-state index < -0.39 is 29.8 Å². The predicted molar refractivity (Wildman–Crippen MR) is 130 cm³/mol. The van der Waals surface area contributed by atoms with Crippen molar-refractivity contribution < 1.29 is 28.4 Å². The molecule has 0 radical (unpaired) electrons. The summed E-state index contributed by atoms with van der Waals surface area (Å²) in [7, 11) is 0. The maximum absolute atomic E-state index is 14.2. The molecule has 1 saturated heterocycles. The first kappa shape index (κ1) is 25.9. The Bertz CT molecular complexity index is 1350. The first-order valence-electron chi connectivity index (χ1n) is 11.9. The third-order valence-electron chi connectivity index (χ3n) is 6.30. The van der Waals surface area contributed by atoms with Gasteiger partial charge in [-0.3, -0.25) is 9.59 Å². The number of aromatic nitrogens is 1. The number of halogens is 1. The van der Waals surface area contributed by atoms with Crippen LogP contribution in [0.4, 0.5) is 4.39 Å². The minimum Gasteiger partial charge on any atom is -0.391 e. The molecule has 1 fully saturated rings. The third-order valence-corrected chi connectivity index (χ3v) is 6.30. The number of aliphatic hydroxyl groups is 1. The van der Waals surface area contributed by atoms with E-state index in [4.69, 9.17) is 9.36 Å². The predicted octanol–water partition coefficient (Wildman–Crippen LogP) is 3.47. The van der Waals surface area contributed by atoms with Crippen molar-refractivity contribution >= 4 is 11.8 Å². The average Bonchev–Trinajstić information content (AvgIpc) is 3.48. The monoisotopic (exact) mass is 506 g/mol. The van der Waals surface area contributed by atoms with Crippen LogP contribution < -0.4 is 10.3 Å². The summed E-state index contributed by atoms with van der Waals surface area (Å²) in [6.07, 6.45) is -0.864. The van der Waals surface area contributed by atoms with Crippen LogP contribution >= 0.6 is 0 Å². The molecule has 4 rings (SSSR count). The highest BCUT2D eigenvalue weighted by molar-refractivity contribution is 5.91. The zero-order valence-corrected chi connectivity index (χ0v) is 20.6. The average molecular weight is 507 g/mol. The first-order valence-corrected chi connectivity index (χ1v) is 11.9. The Morgan fingerprint density at radius 2 is 2.03 bits per heavy atom. The lowest BCUT2D eigenvalue weighted by atomic mass is 9.91. The van der Waals surface area contributed by atoms with Crippen LogP contribution in [0.1, 0.15) is 43.2 Å². The lowest BCUT2D eigenvalue weighted by Crippen LogP contribution is -2.48. The molecular formula is C27H27FN4O5. The quantitative estimate of drug-likeness (QED) is 0.470. The number of amides is 2. The Labute approximate surface area is 213 Å². The number of aliphatic hydroxyl groups excluding tert-OH is 1. The number of carbonyl (C=O) groups is 2.